The van der Waals surface area contributed by atoms with E-state index >= 15 is 0 Å². The zero-order chi connectivity index (χ0) is 17.6. The molecule has 6 nitrogen and oxygen atoms in total. The number of ether oxygens (including phenoxy) is 1. The first kappa shape index (κ1) is 17.9. The van der Waals surface area contributed by atoms with Crippen molar-refractivity contribution in [3.63, 3.8) is 0 Å². The average Bonchev–Trinajstić information content (AvgIpc) is 3.22. The van der Waals surface area contributed by atoms with Crippen molar-refractivity contribution in [2.24, 2.45) is 5.73 Å². The smallest absolute Gasteiger partial charge is 0.217 e. The van der Waals surface area contributed by atoms with Crippen molar-refractivity contribution < 1.29 is 9.53 Å². The largest absolute Gasteiger partial charge is 0.376 e. The van der Waals surface area contributed by atoms with Crippen LogP contribution in [0, 0.1) is 6.92 Å². The molecule has 25 heavy (non-hydrogen) atoms. The van der Waals surface area contributed by atoms with Gasteiger partial charge in [-0.25, -0.2) is 0 Å². The molecule has 0 spiro atoms. The Kier molecular flexibility index (Phi) is 6.09. The highest BCUT2D eigenvalue weighted by molar-refractivity contribution is 7.98. The van der Waals surface area contributed by atoms with E-state index in [4.69, 9.17) is 10.5 Å². The Labute approximate surface area is 152 Å². The Balaban J connectivity index is 1.73. The van der Waals surface area contributed by atoms with Gasteiger partial charge in [0, 0.05) is 25.2 Å². The summed E-state index contributed by atoms with van der Waals surface area (Å²) >= 11 is 1.66. The van der Waals surface area contributed by atoms with Crippen LogP contribution in [0.3, 0.4) is 0 Å². The quantitative estimate of drug-likeness (QED) is 0.731. The Morgan fingerprint density at radius 2 is 2.32 bits per heavy atom. The van der Waals surface area contributed by atoms with E-state index in [1.54, 1.807) is 11.8 Å². The molecule has 1 aliphatic heterocycles. The minimum atomic E-state index is -0.319. The van der Waals surface area contributed by atoms with E-state index in [0.717, 1.165) is 42.7 Å². The van der Waals surface area contributed by atoms with Crippen LogP contribution in [-0.4, -0.2) is 33.4 Å². The van der Waals surface area contributed by atoms with E-state index in [-0.39, 0.29) is 18.4 Å². The molecule has 0 bridgehead atoms. The summed E-state index contributed by atoms with van der Waals surface area (Å²) in [6, 6.07) is 8.47. The van der Waals surface area contributed by atoms with Crippen LogP contribution in [0.1, 0.15) is 36.2 Å². The van der Waals surface area contributed by atoms with Crippen molar-refractivity contribution in [3.05, 3.63) is 41.2 Å². The zero-order valence-electron chi connectivity index (χ0n) is 14.5. The molecular weight excluding hydrogens is 336 g/mol. The van der Waals surface area contributed by atoms with Gasteiger partial charge in [-0.15, -0.1) is 10.2 Å². The second-order valence-corrected chi connectivity index (χ2v) is 7.33. The number of amides is 1. The van der Waals surface area contributed by atoms with Crippen molar-refractivity contribution in [3.8, 4) is 0 Å². The van der Waals surface area contributed by atoms with E-state index in [0.29, 0.717) is 6.42 Å². The number of carbonyl (C=O) groups is 1. The highest BCUT2D eigenvalue weighted by Crippen LogP contribution is 2.25. The first-order chi connectivity index (χ1) is 12.1. The summed E-state index contributed by atoms with van der Waals surface area (Å²) in [5, 5.41) is 9.50. The van der Waals surface area contributed by atoms with E-state index < -0.39 is 0 Å². The monoisotopic (exact) mass is 360 g/mol. The molecule has 1 aromatic heterocycles. The lowest BCUT2D eigenvalue weighted by atomic mass is 10.2. The zero-order valence-corrected chi connectivity index (χ0v) is 15.3. The number of carbonyl (C=O) groups excluding carboxylic acids is 1. The van der Waals surface area contributed by atoms with Crippen molar-refractivity contribution in [2.45, 2.75) is 56.2 Å². The van der Waals surface area contributed by atoms with Gasteiger partial charge in [-0.2, -0.15) is 0 Å². The van der Waals surface area contributed by atoms with Gasteiger partial charge in [0.25, 0.3) is 0 Å². The van der Waals surface area contributed by atoms with Gasteiger partial charge in [-0.3, -0.25) is 4.79 Å². The van der Waals surface area contributed by atoms with Gasteiger partial charge in [-0.05, 0) is 25.3 Å². The topological polar surface area (TPSA) is 83.0 Å². The van der Waals surface area contributed by atoms with Crippen LogP contribution < -0.4 is 5.73 Å². The lowest BCUT2D eigenvalue weighted by molar-refractivity contribution is -0.118. The maximum atomic E-state index is 11.1. The third-order valence-corrected chi connectivity index (χ3v) is 5.29. The molecule has 2 N–H and O–H groups in total. The molecule has 1 aromatic carbocycles. The molecule has 2 aromatic rings. The molecule has 0 aliphatic carbocycles. The van der Waals surface area contributed by atoms with E-state index in [1.807, 2.05) is 0 Å². The van der Waals surface area contributed by atoms with Crippen molar-refractivity contribution in [1.82, 2.24) is 14.8 Å². The SMILES string of the molecule is Cc1cccc(CSc2nnc(CCC(N)=O)n2CC2CCCO2)c1. The van der Waals surface area contributed by atoms with Gasteiger partial charge in [0.05, 0.1) is 12.6 Å². The molecule has 1 unspecified atom stereocenters. The maximum absolute atomic E-state index is 11.1. The molecule has 1 amide bonds. The predicted octanol–water partition coefficient (Wildman–Crippen LogP) is 2.48. The number of hydrogen-bond acceptors (Lipinski definition) is 5. The molecule has 1 atom stereocenters. The molecule has 1 saturated heterocycles. The fourth-order valence-corrected chi connectivity index (χ4v) is 3.88. The number of rotatable bonds is 8. The fourth-order valence-electron chi connectivity index (χ4n) is 2.97. The van der Waals surface area contributed by atoms with Crippen molar-refractivity contribution in [1.29, 1.82) is 0 Å². The van der Waals surface area contributed by atoms with E-state index in [1.165, 1.54) is 11.1 Å². The molecule has 134 valence electrons. The minimum absolute atomic E-state index is 0.196. The van der Waals surface area contributed by atoms with E-state index in [2.05, 4.69) is 46.0 Å². The standard InChI is InChI=1S/C18H24N4O2S/c1-13-4-2-5-14(10-13)12-25-18-21-20-17(8-7-16(19)23)22(18)11-15-6-3-9-24-15/h2,4-5,10,15H,3,6-9,11-12H2,1H3,(H2,19,23). The summed E-state index contributed by atoms with van der Waals surface area (Å²) in [4.78, 5) is 11.1. The molecule has 1 aliphatic rings. The lowest BCUT2D eigenvalue weighted by Gasteiger charge is -2.14. The highest BCUT2D eigenvalue weighted by atomic mass is 32.2. The molecular formula is C18H24N4O2S. The van der Waals surface area contributed by atoms with Gasteiger partial charge in [-0.1, -0.05) is 41.6 Å². The highest BCUT2D eigenvalue weighted by Gasteiger charge is 2.21. The summed E-state index contributed by atoms with van der Waals surface area (Å²) in [7, 11) is 0. The number of nitrogens with two attached hydrogens (primary N) is 1. The summed E-state index contributed by atoms with van der Waals surface area (Å²) in [6.07, 6.45) is 3.14. The summed E-state index contributed by atoms with van der Waals surface area (Å²) in [6.45, 7) is 3.64. The van der Waals surface area contributed by atoms with Crippen LogP contribution in [-0.2, 0) is 28.2 Å². The predicted molar refractivity (Wildman–Crippen MR) is 97.3 cm³/mol. The van der Waals surface area contributed by atoms with Gasteiger partial charge >= 0.3 is 0 Å². The van der Waals surface area contributed by atoms with Crippen LogP contribution >= 0.6 is 11.8 Å². The molecule has 0 saturated carbocycles. The maximum Gasteiger partial charge on any atom is 0.217 e. The lowest BCUT2D eigenvalue weighted by Crippen LogP contribution is -2.19. The normalized spacial score (nSPS) is 17.1. The Morgan fingerprint density at radius 3 is 3.04 bits per heavy atom. The van der Waals surface area contributed by atoms with Gasteiger partial charge in [0.2, 0.25) is 5.91 Å². The van der Waals surface area contributed by atoms with Gasteiger partial charge < -0.3 is 15.0 Å². The first-order valence-corrected chi connectivity index (χ1v) is 9.60. The summed E-state index contributed by atoms with van der Waals surface area (Å²) in [5.41, 5.74) is 7.79. The minimum Gasteiger partial charge on any atom is -0.376 e. The number of primary amides is 1. The number of nitrogens with zero attached hydrogens (tertiary/aromatic N) is 3. The summed E-state index contributed by atoms with van der Waals surface area (Å²) < 4.78 is 7.86. The molecule has 7 heteroatoms. The number of aromatic nitrogens is 3. The van der Waals surface area contributed by atoms with Crippen LogP contribution in [0.25, 0.3) is 0 Å². The molecule has 3 rings (SSSR count). The third kappa shape index (κ3) is 5.06. The van der Waals surface area contributed by atoms with Gasteiger partial charge in [0.1, 0.15) is 5.82 Å². The van der Waals surface area contributed by atoms with Crippen LogP contribution in [0.2, 0.25) is 0 Å². The van der Waals surface area contributed by atoms with Crippen LogP contribution in [0.5, 0.6) is 0 Å². The van der Waals surface area contributed by atoms with Crippen molar-refractivity contribution >= 4 is 17.7 Å². The van der Waals surface area contributed by atoms with Crippen LogP contribution in [0.15, 0.2) is 29.4 Å². The second kappa shape index (κ2) is 8.49. The second-order valence-electron chi connectivity index (χ2n) is 6.39. The van der Waals surface area contributed by atoms with E-state index in [9.17, 15) is 4.79 Å². The first-order valence-electron chi connectivity index (χ1n) is 8.62. The number of thioether (sulfide) groups is 1. The number of benzene rings is 1. The third-order valence-electron chi connectivity index (χ3n) is 4.25. The number of hydrogen-bond donors (Lipinski definition) is 1. The Bertz CT molecular complexity index is 726. The summed E-state index contributed by atoms with van der Waals surface area (Å²) in [5.74, 6) is 1.32. The Morgan fingerprint density at radius 1 is 1.44 bits per heavy atom. The molecule has 1 fully saturated rings. The number of aryl methyl sites for hydroxylation is 2. The Hall–Kier alpha value is -1.86. The molecule has 0 radical (unpaired) electrons. The molecule has 2 heterocycles. The fraction of sp³-hybridized carbons (Fsp3) is 0.500. The van der Waals surface area contributed by atoms with Gasteiger partial charge in [0.15, 0.2) is 5.16 Å². The van der Waals surface area contributed by atoms with Crippen molar-refractivity contribution in [2.75, 3.05) is 6.61 Å². The average molecular weight is 360 g/mol. The van der Waals surface area contributed by atoms with Crippen LogP contribution in [0.4, 0.5) is 0 Å².